The van der Waals surface area contributed by atoms with Crippen LogP contribution in [0.5, 0.6) is 0 Å². The average Bonchev–Trinajstić information content (AvgIpc) is 2.97. The third-order valence-corrected chi connectivity index (χ3v) is 6.34. The minimum atomic E-state index is 0.0901. The van der Waals surface area contributed by atoms with Gasteiger partial charge in [0.2, 0.25) is 0 Å². The van der Waals surface area contributed by atoms with Crippen molar-refractivity contribution in [3.05, 3.63) is 35.5 Å². The lowest BCUT2D eigenvalue weighted by atomic mass is 9.98. The summed E-state index contributed by atoms with van der Waals surface area (Å²) >= 11 is 7.44. The van der Waals surface area contributed by atoms with E-state index in [-0.39, 0.29) is 12.6 Å². The highest BCUT2D eigenvalue weighted by molar-refractivity contribution is 8.22. The van der Waals surface area contributed by atoms with Gasteiger partial charge in [0, 0.05) is 22.3 Å². The van der Waals surface area contributed by atoms with Gasteiger partial charge in [-0.2, -0.15) is 0 Å². The Morgan fingerprint density at radius 1 is 1.33 bits per heavy atom. The number of aromatic nitrogens is 1. The molecule has 5 heteroatoms. The van der Waals surface area contributed by atoms with E-state index in [1.54, 1.807) is 11.8 Å². The van der Waals surface area contributed by atoms with E-state index in [0.29, 0.717) is 0 Å². The molecule has 130 valence electrons. The zero-order valence-electron chi connectivity index (χ0n) is 14.3. The highest BCUT2D eigenvalue weighted by atomic mass is 32.2. The number of unbranched alkanes of at least 4 members (excludes halogenated alkanes) is 3. The number of benzene rings is 1. The standard InChI is InChI=1S/C19H26N2OS2/c1-2-3-4-7-10-24-19(23)21-12-18-16(11-14(21)13-22)15-8-5-6-9-17(15)20-18/h5-6,8-9,14,20,22H,2-4,7,10-13H2,1H3/t14-/m0/s1. The lowest BCUT2D eigenvalue weighted by molar-refractivity contribution is 0.169. The Kier molecular flexibility index (Phi) is 6.19. The number of thioether (sulfide) groups is 1. The molecule has 0 spiro atoms. The zero-order valence-corrected chi connectivity index (χ0v) is 15.9. The molecule has 1 aromatic heterocycles. The summed E-state index contributed by atoms with van der Waals surface area (Å²) in [6.45, 7) is 3.15. The molecular weight excluding hydrogens is 336 g/mol. The summed E-state index contributed by atoms with van der Waals surface area (Å²) in [6.07, 6.45) is 5.91. The summed E-state index contributed by atoms with van der Waals surface area (Å²) in [5.74, 6) is 1.08. The fourth-order valence-corrected chi connectivity index (χ4v) is 4.78. The predicted molar refractivity (Wildman–Crippen MR) is 108 cm³/mol. The SMILES string of the molecule is CCCCCCSC(=S)N1Cc2[nH]c3ccccc3c2C[C@H]1CO. The maximum absolute atomic E-state index is 9.87. The van der Waals surface area contributed by atoms with Crippen molar-refractivity contribution in [3.8, 4) is 0 Å². The molecule has 1 aliphatic rings. The van der Waals surface area contributed by atoms with Crippen molar-refractivity contribution >= 4 is 39.2 Å². The molecule has 0 fully saturated rings. The molecule has 1 aromatic carbocycles. The number of aliphatic hydroxyl groups is 1. The molecule has 3 rings (SSSR count). The molecule has 0 unspecified atom stereocenters. The Morgan fingerprint density at radius 3 is 2.96 bits per heavy atom. The summed E-state index contributed by atoms with van der Waals surface area (Å²) in [5.41, 5.74) is 3.77. The van der Waals surface area contributed by atoms with Crippen LogP contribution in [0.25, 0.3) is 10.9 Å². The highest BCUT2D eigenvalue weighted by Gasteiger charge is 2.29. The molecule has 1 atom stereocenters. The molecule has 1 aliphatic heterocycles. The smallest absolute Gasteiger partial charge is 0.137 e. The van der Waals surface area contributed by atoms with E-state index < -0.39 is 0 Å². The van der Waals surface area contributed by atoms with Gasteiger partial charge in [-0.3, -0.25) is 0 Å². The minimum Gasteiger partial charge on any atom is -0.394 e. The summed E-state index contributed by atoms with van der Waals surface area (Å²) < 4.78 is 0.926. The van der Waals surface area contributed by atoms with Crippen molar-refractivity contribution in [2.45, 2.75) is 51.6 Å². The second-order valence-electron chi connectivity index (χ2n) is 6.47. The number of nitrogens with one attached hydrogen (secondary N) is 1. The quantitative estimate of drug-likeness (QED) is 0.587. The number of fused-ring (bicyclic) bond motifs is 3. The van der Waals surface area contributed by atoms with Crippen molar-refractivity contribution in [2.75, 3.05) is 12.4 Å². The third kappa shape index (κ3) is 3.79. The Hall–Kier alpha value is -1.04. The molecule has 0 bridgehead atoms. The highest BCUT2D eigenvalue weighted by Crippen LogP contribution is 2.31. The lowest BCUT2D eigenvalue weighted by Gasteiger charge is -2.36. The maximum Gasteiger partial charge on any atom is 0.137 e. The van der Waals surface area contributed by atoms with Crippen LogP contribution < -0.4 is 0 Å². The van der Waals surface area contributed by atoms with Gasteiger partial charge in [0.05, 0.1) is 19.2 Å². The van der Waals surface area contributed by atoms with Gasteiger partial charge in [-0.05, 0) is 24.5 Å². The first-order chi connectivity index (χ1) is 11.7. The number of rotatable bonds is 6. The Balaban J connectivity index is 1.69. The van der Waals surface area contributed by atoms with Crippen LogP contribution in [0.2, 0.25) is 0 Å². The molecule has 2 aromatic rings. The third-order valence-electron chi connectivity index (χ3n) is 4.78. The molecule has 3 nitrogen and oxygen atoms in total. The zero-order chi connectivity index (χ0) is 16.9. The Labute approximate surface area is 153 Å². The molecular formula is C19H26N2OS2. The maximum atomic E-state index is 9.87. The minimum absolute atomic E-state index is 0.0901. The summed E-state index contributed by atoms with van der Waals surface area (Å²) in [7, 11) is 0. The molecule has 0 radical (unpaired) electrons. The summed E-state index contributed by atoms with van der Waals surface area (Å²) in [6, 6.07) is 8.51. The average molecular weight is 363 g/mol. The number of H-pyrrole nitrogens is 1. The number of hydrogen-bond donors (Lipinski definition) is 2. The van der Waals surface area contributed by atoms with Crippen LogP contribution in [0.3, 0.4) is 0 Å². The van der Waals surface area contributed by atoms with E-state index >= 15 is 0 Å². The summed E-state index contributed by atoms with van der Waals surface area (Å²) in [5, 5.41) is 11.1. The molecule has 24 heavy (non-hydrogen) atoms. The van der Waals surface area contributed by atoms with Gasteiger partial charge < -0.3 is 15.0 Å². The van der Waals surface area contributed by atoms with Crippen LogP contribution in [0, 0.1) is 0 Å². The first kappa shape index (κ1) is 17.8. The second kappa shape index (κ2) is 8.37. The van der Waals surface area contributed by atoms with E-state index in [1.807, 2.05) is 0 Å². The van der Waals surface area contributed by atoms with Gasteiger partial charge >= 0.3 is 0 Å². The number of para-hydroxylation sites is 1. The van der Waals surface area contributed by atoms with Crippen molar-refractivity contribution in [1.82, 2.24) is 9.88 Å². The topological polar surface area (TPSA) is 39.3 Å². The predicted octanol–water partition coefficient (Wildman–Crippen LogP) is 4.49. The summed E-state index contributed by atoms with van der Waals surface area (Å²) in [4.78, 5) is 5.74. The largest absolute Gasteiger partial charge is 0.394 e. The van der Waals surface area contributed by atoms with Crippen LogP contribution in [0.1, 0.15) is 43.9 Å². The molecule has 0 amide bonds. The molecule has 2 heterocycles. The van der Waals surface area contributed by atoms with Crippen LogP contribution in [0.15, 0.2) is 24.3 Å². The van der Waals surface area contributed by atoms with Crippen LogP contribution in [-0.2, 0) is 13.0 Å². The van der Waals surface area contributed by atoms with E-state index in [0.717, 1.165) is 23.0 Å². The first-order valence-corrected chi connectivity index (χ1v) is 10.3. The lowest BCUT2D eigenvalue weighted by Crippen LogP contribution is -2.44. The molecule has 2 N–H and O–H groups in total. The Morgan fingerprint density at radius 2 is 2.17 bits per heavy atom. The van der Waals surface area contributed by atoms with Crippen molar-refractivity contribution < 1.29 is 5.11 Å². The van der Waals surface area contributed by atoms with E-state index in [1.165, 1.54) is 47.8 Å². The van der Waals surface area contributed by atoms with Gasteiger partial charge in [-0.1, -0.05) is 68.4 Å². The van der Waals surface area contributed by atoms with Crippen LogP contribution in [0.4, 0.5) is 0 Å². The molecule has 0 saturated heterocycles. The van der Waals surface area contributed by atoms with E-state index in [2.05, 4.69) is 41.1 Å². The van der Waals surface area contributed by atoms with Gasteiger partial charge in [0.1, 0.15) is 4.32 Å². The van der Waals surface area contributed by atoms with Gasteiger partial charge in [0.15, 0.2) is 0 Å². The van der Waals surface area contributed by atoms with Crippen molar-refractivity contribution in [3.63, 3.8) is 0 Å². The number of hydrogen-bond acceptors (Lipinski definition) is 3. The van der Waals surface area contributed by atoms with E-state index in [4.69, 9.17) is 12.2 Å². The van der Waals surface area contributed by atoms with Crippen molar-refractivity contribution in [2.24, 2.45) is 0 Å². The fourth-order valence-electron chi connectivity index (χ4n) is 3.42. The Bertz CT molecular complexity index is 698. The normalized spacial score (nSPS) is 17.2. The first-order valence-electron chi connectivity index (χ1n) is 8.87. The van der Waals surface area contributed by atoms with E-state index in [9.17, 15) is 5.11 Å². The number of aliphatic hydroxyl groups excluding tert-OH is 1. The second-order valence-corrected chi connectivity index (χ2v) is 8.20. The van der Waals surface area contributed by atoms with Gasteiger partial charge in [0.25, 0.3) is 0 Å². The molecule has 0 aliphatic carbocycles. The van der Waals surface area contributed by atoms with Crippen molar-refractivity contribution in [1.29, 1.82) is 0 Å². The number of aromatic amines is 1. The van der Waals surface area contributed by atoms with Crippen LogP contribution >= 0.6 is 24.0 Å². The van der Waals surface area contributed by atoms with Gasteiger partial charge in [-0.25, -0.2) is 0 Å². The number of thiocarbonyl (C=S) groups is 1. The number of nitrogens with zero attached hydrogens (tertiary/aromatic N) is 1. The van der Waals surface area contributed by atoms with Crippen LogP contribution in [-0.4, -0.2) is 37.7 Å². The fraction of sp³-hybridized carbons (Fsp3) is 0.526. The molecule has 0 saturated carbocycles. The van der Waals surface area contributed by atoms with Gasteiger partial charge in [-0.15, -0.1) is 0 Å². The monoisotopic (exact) mass is 362 g/mol.